The van der Waals surface area contributed by atoms with Gasteiger partial charge in [0.2, 0.25) is 0 Å². The van der Waals surface area contributed by atoms with Crippen LogP contribution in [-0.4, -0.2) is 54.8 Å². The van der Waals surface area contributed by atoms with Gasteiger partial charge in [-0.05, 0) is 24.8 Å². The van der Waals surface area contributed by atoms with Crippen LogP contribution in [0, 0.1) is 6.92 Å². The lowest BCUT2D eigenvalue weighted by Gasteiger charge is -2.36. The van der Waals surface area contributed by atoms with Crippen molar-refractivity contribution >= 4 is 17.2 Å². The first-order chi connectivity index (χ1) is 11.7. The highest BCUT2D eigenvalue weighted by atomic mass is 32.1. The molecule has 0 saturated carbocycles. The van der Waals surface area contributed by atoms with Crippen LogP contribution < -0.4 is 4.90 Å². The molecule has 1 aliphatic heterocycles. The minimum absolute atomic E-state index is 0.374. The molecule has 0 aliphatic carbocycles. The van der Waals surface area contributed by atoms with E-state index in [2.05, 4.69) is 57.3 Å². The Balaban J connectivity index is 1.80. The van der Waals surface area contributed by atoms with E-state index in [1.54, 1.807) is 0 Å². The Morgan fingerprint density at radius 1 is 1.33 bits per heavy atom. The molecule has 0 amide bonds. The summed E-state index contributed by atoms with van der Waals surface area (Å²) in [6.07, 6.45) is 0.933. The standard InChI is InChI=1S/C18H26N4OS/c1-4-15-12-18(20-14(2)19-15)21(3)13-16(17-6-5-11-24-17)22-7-9-23-10-8-22/h5-6,11-12,16H,4,7-10,13H2,1-3H3. The lowest BCUT2D eigenvalue weighted by molar-refractivity contribution is 0.0183. The lowest BCUT2D eigenvalue weighted by atomic mass is 10.1. The highest BCUT2D eigenvalue weighted by Crippen LogP contribution is 2.28. The molecule has 24 heavy (non-hydrogen) atoms. The fraction of sp³-hybridized carbons (Fsp3) is 0.556. The number of hydrogen-bond donors (Lipinski definition) is 0. The summed E-state index contributed by atoms with van der Waals surface area (Å²) in [5, 5.41) is 2.16. The van der Waals surface area contributed by atoms with Gasteiger partial charge in [-0.3, -0.25) is 4.90 Å². The molecule has 1 aliphatic rings. The number of aryl methyl sites for hydroxylation is 2. The zero-order valence-corrected chi connectivity index (χ0v) is 15.6. The Hall–Kier alpha value is -1.50. The summed E-state index contributed by atoms with van der Waals surface area (Å²) < 4.78 is 5.53. The minimum atomic E-state index is 0.374. The van der Waals surface area contributed by atoms with E-state index in [1.807, 2.05) is 18.3 Å². The molecule has 0 N–H and O–H groups in total. The molecule has 130 valence electrons. The van der Waals surface area contributed by atoms with Gasteiger partial charge < -0.3 is 9.64 Å². The normalized spacial score (nSPS) is 17.0. The average Bonchev–Trinajstić information content (AvgIpc) is 3.14. The van der Waals surface area contributed by atoms with Gasteiger partial charge in [-0.2, -0.15) is 0 Å². The highest BCUT2D eigenvalue weighted by Gasteiger charge is 2.25. The number of aromatic nitrogens is 2. The lowest BCUT2D eigenvalue weighted by Crippen LogP contribution is -2.43. The topological polar surface area (TPSA) is 41.5 Å². The molecule has 1 atom stereocenters. The summed E-state index contributed by atoms with van der Waals surface area (Å²) in [4.78, 5) is 15.3. The van der Waals surface area contributed by atoms with Gasteiger partial charge in [0.25, 0.3) is 0 Å². The van der Waals surface area contributed by atoms with Crippen molar-refractivity contribution in [1.82, 2.24) is 14.9 Å². The van der Waals surface area contributed by atoms with E-state index in [1.165, 1.54) is 4.88 Å². The van der Waals surface area contributed by atoms with Crippen molar-refractivity contribution in [3.63, 3.8) is 0 Å². The predicted molar refractivity (Wildman–Crippen MR) is 98.9 cm³/mol. The van der Waals surface area contributed by atoms with Crippen LogP contribution in [-0.2, 0) is 11.2 Å². The van der Waals surface area contributed by atoms with Crippen LogP contribution in [0.4, 0.5) is 5.82 Å². The van der Waals surface area contributed by atoms with Crippen molar-refractivity contribution in [3.8, 4) is 0 Å². The van der Waals surface area contributed by atoms with Gasteiger partial charge in [0.15, 0.2) is 0 Å². The second-order valence-electron chi connectivity index (χ2n) is 6.18. The van der Waals surface area contributed by atoms with Crippen molar-refractivity contribution in [2.75, 3.05) is 44.8 Å². The molecule has 0 radical (unpaired) electrons. The number of anilines is 1. The van der Waals surface area contributed by atoms with Crippen LogP contribution in [0.5, 0.6) is 0 Å². The maximum Gasteiger partial charge on any atom is 0.132 e. The molecule has 0 spiro atoms. The van der Waals surface area contributed by atoms with Crippen LogP contribution >= 0.6 is 11.3 Å². The number of thiophene rings is 1. The van der Waals surface area contributed by atoms with E-state index >= 15 is 0 Å². The third-order valence-electron chi connectivity index (χ3n) is 4.44. The van der Waals surface area contributed by atoms with Crippen molar-refractivity contribution in [2.45, 2.75) is 26.3 Å². The van der Waals surface area contributed by atoms with Crippen LogP contribution in [0.1, 0.15) is 29.4 Å². The Kier molecular flexibility index (Phi) is 5.81. The number of morpholine rings is 1. The molecular formula is C18H26N4OS. The molecule has 0 bridgehead atoms. The largest absolute Gasteiger partial charge is 0.379 e. The molecule has 1 fully saturated rings. The zero-order valence-electron chi connectivity index (χ0n) is 14.7. The van der Waals surface area contributed by atoms with E-state index in [4.69, 9.17) is 4.74 Å². The van der Waals surface area contributed by atoms with E-state index in [9.17, 15) is 0 Å². The number of rotatable bonds is 6. The third kappa shape index (κ3) is 4.12. The van der Waals surface area contributed by atoms with Crippen molar-refractivity contribution < 1.29 is 4.74 Å². The molecule has 2 aromatic heterocycles. The van der Waals surface area contributed by atoms with Gasteiger partial charge in [0.05, 0.1) is 19.3 Å². The zero-order chi connectivity index (χ0) is 16.9. The van der Waals surface area contributed by atoms with Gasteiger partial charge in [-0.15, -0.1) is 11.3 Å². The van der Waals surface area contributed by atoms with E-state index in [0.29, 0.717) is 6.04 Å². The number of hydrogen-bond acceptors (Lipinski definition) is 6. The quantitative estimate of drug-likeness (QED) is 0.804. The predicted octanol–water partition coefficient (Wildman–Crippen LogP) is 2.92. The van der Waals surface area contributed by atoms with E-state index in [-0.39, 0.29) is 0 Å². The molecule has 5 nitrogen and oxygen atoms in total. The Labute approximate surface area is 148 Å². The second-order valence-corrected chi connectivity index (χ2v) is 7.16. The molecule has 1 saturated heterocycles. The molecular weight excluding hydrogens is 320 g/mol. The maximum absolute atomic E-state index is 5.53. The summed E-state index contributed by atoms with van der Waals surface area (Å²) in [7, 11) is 2.13. The maximum atomic E-state index is 5.53. The monoisotopic (exact) mass is 346 g/mol. The Morgan fingerprint density at radius 2 is 2.12 bits per heavy atom. The first kappa shape index (κ1) is 17.3. The summed E-state index contributed by atoms with van der Waals surface area (Å²) in [6.45, 7) is 8.62. The fourth-order valence-electron chi connectivity index (χ4n) is 3.10. The second kappa shape index (κ2) is 8.05. The molecule has 3 heterocycles. The Bertz CT molecular complexity index is 640. The smallest absolute Gasteiger partial charge is 0.132 e. The number of ether oxygens (including phenoxy) is 1. The summed E-state index contributed by atoms with van der Waals surface area (Å²) >= 11 is 1.83. The van der Waals surface area contributed by atoms with Crippen LogP contribution in [0.15, 0.2) is 23.6 Å². The molecule has 0 aromatic carbocycles. The number of likely N-dealkylation sites (N-methyl/N-ethyl adjacent to an activating group) is 1. The molecule has 3 rings (SSSR count). The minimum Gasteiger partial charge on any atom is -0.379 e. The molecule has 2 aromatic rings. The Morgan fingerprint density at radius 3 is 2.79 bits per heavy atom. The SMILES string of the molecule is CCc1cc(N(C)CC(c2cccs2)N2CCOCC2)nc(C)n1. The first-order valence-electron chi connectivity index (χ1n) is 8.58. The van der Waals surface area contributed by atoms with Gasteiger partial charge >= 0.3 is 0 Å². The fourth-order valence-corrected chi connectivity index (χ4v) is 3.95. The highest BCUT2D eigenvalue weighted by molar-refractivity contribution is 7.10. The van der Waals surface area contributed by atoms with Crippen molar-refractivity contribution in [1.29, 1.82) is 0 Å². The van der Waals surface area contributed by atoms with Gasteiger partial charge in [0, 0.05) is 43.3 Å². The molecule has 1 unspecified atom stereocenters. The number of nitrogens with zero attached hydrogens (tertiary/aromatic N) is 4. The average molecular weight is 347 g/mol. The summed E-state index contributed by atoms with van der Waals surface area (Å²) in [6, 6.07) is 6.86. The van der Waals surface area contributed by atoms with Crippen LogP contribution in [0.2, 0.25) is 0 Å². The van der Waals surface area contributed by atoms with E-state index < -0.39 is 0 Å². The van der Waals surface area contributed by atoms with Crippen molar-refractivity contribution in [2.24, 2.45) is 0 Å². The van der Waals surface area contributed by atoms with Crippen LogP contribution in [0.25, 0.3) is 0 Å². The van der Waals surface area contributed by atoms with Gasteiger partial charge in [0.1, 0.15) is 11.6 Å². The van der Waals surface area contributed by atoms with Crippen molar-refractivity contribution in [3.05, 3.63) is 40.0 Å². The summed E-state index contributed by atoms with van der Waals surface area (Å²) in [5.41, 5.74) is 1.10. The van der Waals surface area contributed by atoms with Crippen LogP contribution in [0.3, 0.4) is 0 Å². The first-order valence-corrected chi connectivity index (χ1v) is 9.46. The van der Waals surface area contributed by atoms with Gasteiger partial charge in [-0.25, -0.2) is 9.97 Å². The van der Waals surface area contributed by atoms with Gasteiger partial charge in [-0.1, -0.05) is 13.0 Å². The molecule has 6 heteroatoms. The third-order valence-corrected chi connectivity index (χ3v) is 5.41. The van der Waals surface area contributed by atoms with E-state index in [0.717, 1.165) is 56.6 Å². The summed E-state index contributed by atoms with van der Waals surface area (Å²) in [5.74, 6) is 1.85.